The maximum atomic E-state index is 9.32. The summed E-state index contributed by atoms with van der Waals surface area (Å²) < 4.78 is 5.88. The molecule has 2 aromatic rings. The number of phenols is 1. The highest BCUT2D eigenvalue weighted by Crippen LogP contribution is 2.28. The van der Waals surface area contributed by atoms with Gasteiger partial charge in [-0.05, 0) is 38.1 Å². The Balaban J connectivity index is 2.27. The Morgan fingerprint density at radius 2 is 1.68 bits per heavy atom. The van der Waals surface area contributed by atoms with Gasteiger partial charge in [0.1, 0.15) is 5.75 Å². The molecule has 0 radical (unpaired) electrons. The summed E-state index contributed by atoms with van der Waals surface area (Å²) in [5.41, 5.74) is 1.37. The smallest absolute Gasteiger partial charge is 0.162 e. The van der Waals surface area contributed by atoms with Crippen molar-refractivity contribution in [1.82, 2.24) is 0 Å². The Hall–Kier alpha value is -2.00. The average Bonchev–Trinajstić information content (AvgIpc) is 2.43. The molecule has 2 rings (SSSR count). The van der Waals surface area contributed by atoms with E-state index in [2.05, 4.69) is 5.32 Å². The van der Waals surface area contributed by atoms with Crippen LogP contribution in [0.5, 0.6) is 5.75 Å². The molecule has 3 nitrogen and oxygen atoms in total. The zero-order valence-electron chi connectivity index (χ0n) is 11.3. The molecule has 0 aliphatic heterocycles. The van der Waals surface area contributed by atoms with Gasteiger partial charge in [0.2, 0.25) is 0 Å². The molecular formula is C16H19NO2. The average molecular weight is 257 g/mol. The molecule has 0 heterocycles. The summed E-state index contributed by atoms with van der Waals surface area (Å²) in [6.07, 6.45) is 0. The predicted octanol–water partition coefficient (Wildman–Crippen LogP) is 3.71. The molecule has 2 aromatic carbocycles. The number of ether oxygens (including phenoxy) is 1. The fourth-order valence-electron chi connectivity index (χ4n) is 2.06. The lowest BCUT2D eigenvalue weighted by molar-refractivity contribution is -0.00608. The van der Waals surface area contributed by atoms with Crippen LogP contribution < -0.4 is 5.32 Å². The van der Waals surface area contributed by atoms with E-state index >= 15 is 0 Å². The van der Waals surface area contributed by atoms with Gasteiger partial charge in [-0.15, -0.1) is 0 Å². The van der Waals surface area contributed by atoms with Crippen LogP contribution in [0.25, 0.3) is 0 Å². The van der Waals surface area contributed by atoms with Gasteiger partial charge in [-0.2, -0.15) is 0 Å². The van der Waals surface area contributed by atoms with E-state index in [0.717, 1.165) is 11.3 Å². The number of hydrogen-bond acceptors (Lipinski definition) is 3. The molecule has 0 amide bonds. The van der Waals surface area contributed by atoms with Gasteiger partial charge < -0.3 is 15.2 Å². The normalized spacial score (nSPS) is 13.8. The van der Waals surface area contributed by atoms with E-state index in [0.29, 0.717) is 6.61 Å². The predicted molar refractivity (Wildman–Crippen MR) is 77.1 cm³/mol. The van der Waals surface area contributed by atoms with Crippen LogP contribution in [-0.4, -0.2) is 11.7 Å². The molecular weight excluding hydrogens is 238 g/mol. The molecule has 100 valence electrons. The van der Waals surface area contributed by atoms with E-state index in [1.807, 2.05) is 56.3 Å². The number of hydrogen-bond donors (Lipinski definition) is 2. The van der Waals surface area contributed by atoms with Gasteiger partial charge in [0, 0.05) is 17.9 Å². The first-order chi connectivity index (χ1) is 9.14. The SMILES string of the molecule is CCOC(C)(Nc1ccc(O)cc1)c1ccccc1. The minimum absolute atomic E-state index is 0.253. The Morgan fingerprint density at radius 3 is 2.26 bits per heavy atom. The number of benzene rings is 2. The molecule has 1 atom stereocenters. The van der Waals surface area contributed by atoms with E-state index in [4.69, 9.17) is 4.74 Å². The van der Waals surface area contributed by atoms with Crippen molar-refractivity contribution in [3.63, 3.8) is 0 Å². The van der Waals surface area contributed by atoms with Crippen LogP contribution in [0.4, 0.5) is 5.69 Å². The number of rotatable bonds is 5. The third-order valence-electron chi connectivity index (χ3n) is 3.01. The van der Waals surface area contributed by atoms with Crippen LogP contribution in [0.1, 0.15) is 19.4 Å². The van der Waals surface area contributed by atoms with Crippen molar-refractivity contribution in [2.75, 3.05) is 11.9 Å². The molecule has 19 heavy (non-hydrogen) atoms. The molecule has 0 fully saturated rings. The second-order valence-electron chi connectivity index (χ2n) is 4.50. The molecule has 0 aromatic heterocycles. The molecule has 2 N–H and O–H groups in total. The highest BCUT2D eigenvalue weighted by molar-refractivity contribution is 5.49. The highest BCUT2D eigenvalue weighted by Gasteiger charge is 2.26. The van der Waals surface area contributed by atoms with E-state index < -0.39 is 5.72 Å². The van der Waals surface area contributed by atoms with E-state index in [-0.39, 0.29) is 5.75 Å². The standard InChI is InChI=1S/C16H19NO2/c1-3-19-16(2,13-7-5-4-6-8-13)17-14-9-11-15(18)12-10-14/h4-12,17-18H,3H2,1-2H3. The van der Waals surface area contributed by atoms with Gasteiger partial charge in [0.25, 0.3) is 0 Å². The van der Waals surface area contributed by atoms with E-state index in [9.17, 15) is 5.11 Å². The lowest BCUT2D eigenvalue weighted by Gasteiger charge is -2.32. The van der Waals surface area contributed by atoms with Crippen LogP contribution in [0, 0.1) is 0 Å². The second-order valence-corrected chi connectivity index (χ2v) is 4.50. The van der Waals surface area contributed by atoms with Crippen molar-refractivity contribution in [2.45, 2.75) is 19.6 Å². The summed E-state index contributed by atoms with van der Waals surface area (Å²) in [6, 6.07) is 17.0. The molecule has 0 spiro atoms. The second kappa shape index (κ2) is 5.76. The van der Waals surface area contributed by atoms with Gasteiger partial charge in [0.15, 0.2) is 5.72 Å². The Morgan fingerprint density at radius 1 is 1.05 bits per heavy atom. The molecule has 1 unspecified atom stereocenters. The Bertz CT molecular complexity index is 510. The van der Waals surface area contributed by atoms with Gasteiger partial charge in [0.05, 0.1) is 0 Å². The van der Waals surface area contributed by atoms with Crippen LogP contribution >= 0.6 is 0 Å². The zero-order valence-corrected chi connectivity index (χ0v) is 11.3. The van der Waals surface area contributed by atoms with Crippen LogP contribution in [0.15, 0.2) is 54.6 Å². The molecule has 0 aliphatic carbocycles. The van der Waals surface area contributed by atoms with Gasteiger partial charge in [-0.1, -0.05) is 30.3 Å². The summed E-state index contributed by atoms with van der Waals surface area (Å²) in [5.74, 6) is 0.253. The monoisotopic (exact) mass is 257 g/mol. The van der Waals surface area contributed by atoms with Gasteiger partial charge in [-0.25, -0.2) is 0 Å². The molecule has 3 heteroatoms. The zero-order chi connectivity index (χ0) is 13.7. The van der Waals surface area contributed by atoms with Gasteiger partial charge in [-0.3, -0.25) is 0 Å². The molecule has 0 aliphatic rings. The summed E-state index contributed by atoms with van der Waals surface area (Å²) in [5, 5.41) is 12.7. The summed E-state index contributed by atoms with van der Waals surface area (Å²) in [6.45, 7) is 4.58. The minimum Gasteiger partial charge on any atom is -0.508 e. The fourth-order valence-corrected chi connectivity index (χ4v) is 2.06. The number of anilines is 1. The molecule has 0 bridgehead atoms. The largest absolute Gasteiger partial charge is 0.508 e. The van der Waals surface area contributed by atoms with Crippen molar-refractivity contribution in [3.8, 4) is 5.75 Å². The first-order valence-corrected chi connectivity index (χ1v) is 6.41. The number of aromatic hydroxyl groups is 1. The minimum atomic E-state index is -0.590. The number of phenolic OH excluding ortho intramolecular Hbond substituents is 1. The highest BCUT2D eigenvalue weighted by atomic mass is 16.5. The van der Waals surface area contributed by atoms with Crippen LogP contribution in [0.3, 0.4) is 0 Å². The third kappa shape index (κ3) is 3.26. The first-order valence-electron chi connectivity index (χ1n) is 6.41. The molecule has 0 saturated heterocycles. The van der Waals surface area contributed by atoms with Crippen molar-refractivity contribution in [3.05, 3.63) is 60.2 Å². The fraction of sp³-hybridized carbons (Fsp3) is 0.250. The van der Waals surface area contributed by atoms with Crippen molar-refractivity contribution >= 4 is 5.69 Å². The lowest BCUT2D eigenvalue weighted by Crippen LogP contribution is -2.35. The van der Waals surface area contributed by atoms with Crippen LogP contribution in [-0.2, 0) is 10.5 Å². The summed E-state index contributed by atoms with van der Waals surface area (Å²) in [4.78, 5) is 0. The van der Waals surface area contributed by atoms with Crippen molar-refractivity contribution in [1.29, 1.82) is 0 Å². The van der Waals surface area contributed by atoms with Gasteiger partial charge >= 0.3 is 0 Å². The van der Waals surface area contributed by atoms with Crippen molar-refractivity contribution < 1.29 is 9.84 Å². The maximum Gasteiger partial charge on any atom is 0.162 e. The Kier molecular flexibility index (Phi) is 4.07. The van der Waals surface area contributed by atoms with E-state index in [1.165, 1.54) is 0 Å². The first kappa shape index (κ1) is 13.4. The number of nitrogens with one attached hydrogen (secondary N) is 1. The van der Waals surface area contributed by atoms with Crippen molar-refractivity contribution in [2.24, 2.45) is 0 Å². The summed E-state index contributed by atoms with van der Waals surface area (Å²) >= 11 is 0. The molecule has 0 saturated carbocycles. The Labute approximate surface area is 113 Å². The van der Waals surface area contributed by atoms with Crippen LogP contribution in [0.2, 0.25) is 0 Å². The quantitative estimate of drug-likeness (QED) is 0.633. The topological polar surface area (TPSA) is 41.5 Å². The summed E-state index contributed by atoms with van der Waals surface area (Å²) in [7, 11) is 0. The lowest BCUT2D eigenvalue weighted by atomic mass is 10.0. The van der Waals surface area contributed by atoms with E-state index in [1.54, 1.807) is 12.1 Å². The third-order valence-corrected chi connectivity index (χ3v) is 3.01. The maximum absolute atomic E-state index is 9.32.